The van der Waals surface area contributed by atoms with Gasteiger partial charge in [-0.2, -0.15) is 5.10 Å². The lowest BCUT2D eigenvalue weighted by Gasteiger charge is -2.12. The summed E-state index contributed by atoms with van der Waals surface area (Å²) in [6.45, 7) is 1.85. The number of hydrogen-bond acceptors (Lipinski definition) is 6. The smallest absolute Gasteiger partial charge is 0.348 e. The normalized spacial score (nSPS) is 14.1. The van der Waals surface area contributed by atoms with Crippen LogP contribution in [0.2, 0.25) is 0 Å². The lowest BCUT2D eigenvalue weighted by molar-refractivity contribution is -0.143. The summed E-state index contributed by atoms with van der Waals surface area (Å²) in [6, 6.07) is 11.4. The van der Waals surface area contributed by atoms with Crippen molar-refractivity contribution in [1.82, 2.24) is 14.7 Å². The number of carbonyl (C=O) groups is 3. The second kappa shape index (κ2) is 6.96. The first-order chi connectivity index (χ1) is 13.0. The molecule has 1 aliphatic heterocycles. The monoisotopic (exact) mass is 383 g/mol. The third-order valence-corrected chi connectivity index (χ3v) is 5.54. The lowest BCUT2D eigenvalue weighted by Crippen LogP contribution is -2.35. The Bertz CT molecular complexity index is 1040. The molecule has 1 aromatic carbocycles. The van der Waals surface area contributed by atoms with Gasteiger partial charge in [-0.05, 0) is 31.5 Å². The average Bonchev–Trinajstić information content (AvgIpc) is 3.37. The van der Waals surface area contributed by atoms with Crippen molar-refractivity contribution < 1.29 is 19.1 Å². The van der Waals surface area contributed by atoms with E-state index in [9.17, 15) is 14.4 Å². The molecule has 0 atom stereocenters. The van der Waals surface area contributed by atoms with Gasteiger partial charge in [-0.1, -0.05) is 18.2 Å². The van der Waals surface area contributed by atoms with Gasteiger partial charge < -0.3 is 4.74 Å². The molecule has 27 heavy (non-hydrogen) atoms. The molecular formula is C19H17N3O4S. The molecule has 1 saturated heterocycles. The van der Waals surface area contributed by atoms with Crippen LogP contribution in [0.15, 0.2) is 36.4 Å². The number of amides is 2. The van der Waals surface area contributed by atoms with Crippen LogP contribution < -0.4 is 0 Å². The minimum atomic E-state index is -0.574. The minimum Gasteiger partial charge on any atom is -0.451 e. The number of thiophene rings is 1. The van der Waals surface area contributed by atoms with E-state index in [4.69, 9.17) is 4.74 Å². The SMILES string of the molecule is Cc1nn(-c2ccccc2)c2sc(C(=O)OCC(=O)N3CCCC3=O)cc12. The maximum absolute atomic E-state index is 12.4. The molecule has 2 aromatic heterocycles. The number of para-hydroxylation sites is 1. The van der Waals surface area contributed by atoms with E-state index < -0.39 is 18.5 Å². The maximum atomic E-state index is 12.4. The summed E-state index contributed by atoms with van der Waals surface area (Å²) in [5, 5.41) is 5.40. The van der Waals surface area contributed by atoms with E-state index in [0.29, 0.717) is 24.3 Å². The van der Waals surface area contributed by atoms with Crippen LogP contribution in [0.5, 0.6) is 0 Å². The molecule has 0 saturated carbocycles. The van der Waals surface area contributed by atoms with Gasteiger partial charge in [-0.3, -0.25) is 14.5 Å². The lowest BCUT2D eigenvalue weighted by atomic mass is 10.3. The average molecular weight is 383 g/mol. The van der Waals surface area contributed by atoms with Gasteiger partial charge in [0.25, 0.3) is 5.91 Å². The van der Waals surface area contributed by atoms with Gasteiger partial charge in [0, 0.05) is 18.4 Å². The Hall–Kier alpha value is -3.00. The summed E-state index contributed by atoms with van der Waals surface area (Å²) in [5.41, 5.74) is 1.71. The van der Waals surface area contributed by atoms with E-state index >= 15 is 0 Å². The summed E-state index contributed by atoms with van der Waals surface area (Å²) in [7, 11) is 0. The van der Waals surface area contributed by atoms with Crippen molar-refractivity contribution in [3.63, 3.8) is 0 Å². The fourth-order valence-corrected chi connectivity index (χ4v) is 4.16. The van der Waals surface area contributed by atoms with Crippen molar-refractivity contribution in [1.29, 1.82) is 0 Å². The van der Waals surface area contributed by atoms with Crippen LogP contribution in [0.4, 0.5) is 0 Å². The molecule has 1 aliphatic rings. The summed E-state index contributed by atoms with van der Waals surface area (Å²) >= 11 is 1.27. The van der Waals surface area contributed by atoms with Gasteiger partial charge in [0.2, 0.25) is 5.91 Å². The zero-order valence-corrected chi connectivity index (χ0v) is 15.5. The number of ether oxygens (including phenoxy) is 1. The molecule has 8 heteroatoms. The highest BCUT2D eigenvalue weighted by molar-refractivity contribution is 7.20. The number of carbonyl (C=O) groups excluding carboxylic acids is 3. The van der Waals surface area contributed by atoms with Crippen molar-refractivity contribution >= 4 is 39.3 Å². The number of aromatic nitrogens is 2. The molecule has 3 heterocycles. The molecule has 0 N–H and O–H groups in total. The molecule has 0 bridgehead atoms. The number of benzene rings is 1. The largest absolute Gasteiger partial charge is 0.451 e. The first-order valence-corrected chi connectivity index (χ1v) is 9.41. The molecule has 0 unspecified atom stereocenters. The van der Waals surface area contributed by atoms with Crippen molar-refractivity contribution in [3.8, 4) is 5.69 Å². The second-order valence-electron chi connectivity index (χ2n) is 6.28. The number of fused-ring (bicyclic) bond motifs is 1. The Morgan fingerprint density at radius 1 is 1.26 bits per heavy atom. The highest BCUT2D eigenvalue weighted by Crippen LogP contribution is 2.30. The van der Waals surface area contributed by atoms with Crippen molar-refractivity contribution in [2.24, 2.45) is 0 Å². The predicted molar refractivity (Wildman–Crippen MR) is 99.9 cm³/mol. The number of esters is 1. The minimum absolute atomic E-state index is 0.212. The van der Waals surface area contributed by atoms with Gasteiger partial charge >= 0.3 is 5.97 Å². The number of likely N-dealkylation sites (tertiary alicyclic amines) is 1. The molecule has 0 aliphatic carbocycles. The molecule has 7 nitrogen and oxygen atoms in total. The molecular weight excluding hydrogens is 366 g/mol. The van der Waals surface area contributed by atoms with Crippen molar-refractivity contribution in [3.05, 3.63) is 47.0 Å². The Balaban J connectivity index is 1.53. The zero-order chi connectivity index (χ0) is 19.0. The fourth-order valence-electron chi connectivity index (χ4n) is 3.08. The summed E-state index contributed by atoms with van der Waals surface area (Å²) in [6.07, 6.45) is 1.02. The molecule has 4 rings (SSSR count). The number of aryl methyl sites for hydroxylation is 1. The van der Waals surface area contributed by atoms with E-state index in [1.165, 1.54) is 11.3 Å². The molecule has 3 aromatic rings. The first-order valence-electron chi connectivity index (χ1n) is 8.59. The zero-order valence-electron chi connectivity index (χ0n) is 14.7. The molecule has 0 spiro atoms. The molecule has 2 amide bonds. The molecule has 1 fully saturated rings. The van der Waals surface area contributed by atoms with E-state index in [2.05, 4.69) is 5.10 Å². The Labute approximate surface area is 159 Å². The van der Waals surface area contributed by atoms with Crippen molar-refractivity contribution in [2.75, 3.05) is 13.2 Å². The van der Waals surface area contributed by atoms with Crippen LogP contribution >= 0.6 is 11.3 Å². The van der Waals surface area contributed by atoms with Gasteiger partial charge in [-0.25, -0.2) is 9.48 Å². The summed E-state index contributed by atoms with van der Waals surface area (Å²) in [4.78, 5) is 38.4. The standard InChI is InChI=1S/C19H17N3O4S/c1-12-14-10-15(19(25)26-11-17(24)21-9-5-8-16(21)23)27-18(14)22(20-12)13-6-3-2-4-7-13/h2-4,6-7,10H,5,8-9,11H2,1H3. The van der Waals surface area contributed by atoms with Crippen LogP contribution in [0.1, 0.15) is 28.2 Å². The van der Waals surface area contributed by atoms with E-state index in [-0.39, 0.29) is 5.91 Å². The van der Waals surface area contributed by atoms with Gasteiger partial charge in [0.05, 0.1) is 11.4 Å². The predicted octanol–water partition coefficient (Wildman–Crippen LogP) is 2.70. The quantitative estimate of drug-likeness (QED) is 0.647. The highest BCUT2D eigenvalue weighted by atomic mass is 32.1. The number of nitrogens with zero attached hydrogens (tertiary/aromatic N) is 3. The van der Waals surface area contributed by atoms with Gasteiger partial charge in [-0.15, -0.1) is 11.3 Å². The van der Waals surface area contributed by atoms with Crippen LogP contribution in [0.25, 0.3) is 15.9 Å². The van der Waals surface area contributed by atoms with Crippen LogP contribution in [0, 0.1) is 6.92 Å². The third-order valence-electron chi connectivity index (χ3n) is 4.45. The number of rotatable bonds is 4. The first kappa shape index (κ1) is 17.4. The van der Waals surface area contributed by atoms with E-state index in [1.54, 1.807) is 10.7 Å². The van der Waals surface area contributed by atoms with E-state index in [1.807, 2.05) is 37.3 Å². The van der Waals surface area contributed by atoms with Crippen LogP contribution in [0.3, 0.4) is 0 Å². The number of imide groups is 1. The van der Waals surface area contributed by atoms with Crippen LogP contribution in [-0.4, -0.2) is 45.6 Å². The topological polar surface area (TPSA) is 81.5 Å². The van der Waals surface area contributed by atoms with Gasteiger partial charge in [0.1, 0.15) is 9.71 Å². The molecule has 0 radical (unpaired) electrons. The summed E-state index contributed by atoms with van der Waals surface area (Å²) in [5.74, 6) is -1.26. The Morgan fingerprint density at radius 2 is 2.04 bits per heavy atom. The number of hydrogen-bond donors (Lipinski definition) is 0. The van der Waals surface area contributed by atoms with E-state index in [0.717, 1.165) is 26.5 Å². The van der Waals surface area contributed by atoms with Crippen LogP contribution in [-0.2, 0) is 14.3 Å². The molecule has 138 valence electrons. The Morgan fingerprint density at radius 3 is 2.74 bits per heavy atom. The fraction of sp³-hybridized carbons (Fsp3) is 0.263. The van der Waals surface area contributed by atoms with Gasteiger partial charge in [0.15, 0.2) is 6.61 Å². The Kier molecular flexibility index (Phi) is 4.49. The highest BCUT2D eigenvalue weighted by Gasteiger charge is 2.27. The van der Waals surface area contributed by atoms with Crippen molar-refractivity contribution in [2.45, 2.75) is 19.8 Å². The third kappa shape index (κ3) is 3.23. The maximum Gasteiger partial charge on any atom is 0.348 e. The summed E-state index contributed by atoms with van der Waals surface area (Å²) < 4.78 is 6.93. The second-order valence-corrected chi connectivity index (χ2v) is 7.31.